The molecule has 2 atom stereocenters. The normalized spacial score (nSPS) is 19.9. The van der Waals surface area contributed by atoms with Gasteiger partial charge in [-0.3, -0.25) is 0 Å². The lowest BCUT2D eigenvalue weighted by Gasteiger charge is -2.25. The van der Waals surface area contributed by atoms with Crippen LogP contribution < -0.4 is 10.2 Å². The minimum Gasteiger partial charge on any atom is -0.508 e. The first kappa shape index (κ1) is 13.3. The van der Waals surface area contributed by atoms with Gasteiger partial charge in [0.05, 0.1) is 18.0 Å². The van der Waals surface area contributed by atoms with E-state index in [4.69, 9.17) is 0 Å². The van der Waals surface area contributed by atoms with Gasteiger partial charge in [-0.1, -0.05) is 18.2 Å². The Morgan fingerprint density at radius 2 is 1.90 bits per heavy atom. The number of benzene rings is 2. The molecular weight excluding hydrogens is 262 g/mol. The molecule has 2 N–H and O–H groups in total. The molecule has 1 aliphatic heterocycles. The second-order valence-corrected chi connectivity index (χ2v) is 5.27. The van der Waals surface area contributed by atoms with Crippen LogP contribution in [0.3, 0.4) is 0 Å². The molecule has 4 heteroatoms. The van der Waals surface area contributed by atoms with Gasteiger partial charge in [-0.05, 0) is 35.9 Å². The van der Waals surface area contributed by atoms with E-state index in [9.17, 15) is 10.4 Å². The zero-order valence-electron chi connectivity index (χ0n) is 11.8. The topological polar surface area (TPSA) is 59.3 Å². The molecule has 21 heavy (non-hydrogen) atoms. The van der Waals surface area contributed by atoms with E-state index < -0.39 is 0 Å². The molecule has 0 aliphatic carbocycles. The quantitative estimate of drug-likeness (QED) is 0.848. The average Bonchev–Trinajstić information content (AvgIpc) is 2.79. The highest BCUT2D eigenvalue weighted by atomic mass is 16.3. The molecule has 2 unspecified atom stereocenters. The van der Waals surface area contributed by atoms with E-state index in [1.54, 1.807) is 12.1 Å². The van der Waals surface area contributed by atoms with Crippen LogP contribution in [-0.2, 0) is 0 Å². The second-order valence-electron chi connectivity index (χ2n) is 5.27. The third-order valence-corrected chi connectivity index (χ3v) is 4.06. The first-order valence-corrected chi connectivity index (χ1v) is 6.95. The van der Waals surface area contributed by atoms with Crippen molar-refractivity contribution in [3.05, 3.63) is 54.1 Å². The predicted molar refractivity (Wildman–Crippen MR) is 83.6 cm³/mol. The molecule has 0 saturated carbocycles. The first-order chi connectivity index (χ1) is 10.2. The SMILES string of the molecule is CN1c2ccccc2C(C#N)C1CNc1ccc(O)cc1. The molecule has 0 saturated heterocycles. The number of nitrogens with zero attached hydrogens (tertiary/aromatic N) is 2. The molecule has 2 aromatic carbocycles. The standard InChI is InChI=1S/C17H17N3O/c1-20-16-5-3-2-4-14(16)15(10-18)17(20)11-19-12-6-8-13(21)9-7-12/h2-9,15,17,19,21H,11H2,1H3. The molecule has 0 fully saturated rings. The third-order valence-electron chi connectivity index (χ3n) is 4.06. The van der Waals surface area contributed by atoms with E-state index >= 15 is 0 Å². The van der Waals surface area contributed by atoms with Gasteiger partial charge in [0.25, 0.3) is 0 Å². The van der Waals surface area contributed by atoms with Gasteiger partial charge in [-0.2, -0.15) is 5.26 Å². The van der Waals surface area contributed by atoms with Crippen molar-refractivity contribution in [2.75, 3.05) is 23.8 Å². The van der Waals surface area contributed by atoms with E-state index in [-0.39, 0.29) is 17.7 Å². The zero-order valence-corrected chi connectivity index (χ0v) is 11.8. The van der Waals surface area contributed by atoms with Gasteiger partial charge in [-0.15, -0.1) is 0 Å². The Bertz CT molecular complexity index is 675. The van der Waals surface area contributed by atoms with Gasteiger partial charge < -0.3 is 15.3 Å². The number of rotatable bonds is 3. The molecule has 0 bridgehead atoms. The summed E-state index contributed by atoms with van der Waals surface area (Å²) >= 11 is 0. The Morgan fingerprint density at radius 1 is 1.19 bits per heavy atom. The third kappa shape index (κ3) is 2.38. The Balaban J connectivity index is 1.77. The summed E-state index contributed by atoms with van der Waals surface area (Å²) in [6.07, 6.45) is 0. The fraction of sp³-hybridized carbons (Fsp3) is 0.235. The smallest absolute Gasteiger partial charge is 0.115 e. The predicted octanol–water partition coefficient (Wildman–Crippen LogP) is 2.93. The van der Waals surface area contributed by atoms with Crippen molar-refractivity contribution in [2.24, 2.45) is 0 Å². The highest BCUT2D eigenvalue weighted by molar-refractivity contribution is 5.63. The summed E-state index contributed by atoms with van der Waals surface area (Å²) in [5.41, 5.74) is 3.16. The van der Waals surface area contributed by atoms with Crippen LogP contribution >= 0.6 is 0 Å². The zero-order chi connectivity index (χ0) is 14.8. The number of nitriles is 1. The number of fused-ring (bicyclic) bond motifs is 1. The van der Waals surface area contributed by atoms with E-state index in [1.807, 2.05) is 37.4 Å². The van der Waals surface area contributed by atoms with E-state index in [2.05, 4.69) is 22.4 Å². The molecule has 106 valence electrons. The Labute approximate surface area is 124 Å². The van der Waals surface area contributed by atoms with Crippen LogP contribution in [0.15, 0.2) is 48.5 Å². The minimum atomic E-state index is -0.129. The fourth-order valence-corrected chi connectivity index (χ4v) is 2.89. The maximum atomic E-state index is 9.50. The van der Waals surface area contributed by atoms with E-state index in [0.717, 1.165) is 16.9 Å². The monoisotopic (exact) mass is 279 g/mol. The van der Waals surface area contributed by atoms with Crippen molar-refractivity contribution >= 4 is 11.4 Å². The number of anilines is 2. The fourth-order valence-electron chi connectivity index (χ4n) is 2.89. The highest BCUT2D eigenvalue weighted by Crippen LogP contribution is 2.39. The van der Waals surface area contributed by atoms with Gasteiger partial charge in [-0.25, -0.2) is 0 Å². The summed E-state index contributed by atoms with van der Waals surface area (Å²) in [6.45, 7) is 0.675. The molecule has 0 amide bonds. The van der Waals surface area contributed by atoms with Crippen LogP contribution in [-0.4, -0.2) is 24.7 Å². The molecule has 2 aromatic rings. The van der Waals surface area contributed by atoms with Gasteiger partial charge in [0.2, 0.25) is 0 Å². The van der Waals surface area contributed by atoms with Crippen LogP contribution in [0.4, 0.5) is 11.4 Å². The number of phenols is 1. The Morgan fingerprint density at radius 3 is 2.62 bits per heavy atom. The van der Waals surface area contributed by atoms with Crippen LogP contribution in [0, 0.1) is 11.3 Å². The summed E-state index contributed by atoms with van der Waals surface area (Å²) in [5.74, 6) is 0.122. The number of nitrogens with one attached hydrogen (secondary N) is 1. The highest BCUT2D eigenvalue weighted by Gasteiger charge is 2.36. The maximum absolute atomic E-state index is 9.50. The van der Waals surface area contributed by atoms with E-state index in [1.165, 1.54) is 0 Å². The lowest BCUT2D eigenvalue weighted by Crippen LogP contribution is -2.36. The molecular formula is C17H17N3O. The number of hydrogen-bond acceptors (Lipinski definition) is 4. The van der Waals surface area contributed by atoms with Crippen LogP contribution in [0.1, 0.15) is 11.5 Å². The summed E-state index contributed by atoms with van der Waals surface area (Å²) in [5, 5.41) is 22.1. The number of para-hydroxylation sites is 1. The van der Waals surface area contributed by atoms with Crippen molar-refractivity contribution < 1.29 is 5.11 Å². The number of hydrogen-bond donors (Lipinski definition) is 2. The summed E-state index contributed by atoms with van der Waals surface area (Å²) in [7, 11) is 2.03. The van der Waals surface area contributed by atoms with Crippen molar-refractivity contribution in [3.8, 4) is 11.8 Å². The summed E-state index contributed by atoms with van der Waals surface area (Å²) < 4.78 is 0. The Kier molecular flexibility index (Phi) is 3.41. The molecule has 3 rings (SSSR count). The first-order valence-electron chi connectivity index (χ1n) is 6.95. The molecule has 1 aliphatic rings. The number of aromatic hydroxyl groups is 1. The lowest BCUT2D eigenvalue weighted by molar-refractivity contribution is 0.475. The maximum Gasteiger partial charge on any atom is 0.115 e. The molecule has 0 aromatic heterocycles. The van der Waals surface area contributed by atoms with Crippen LogP contribution in [0.5, 0.6) is 5.75 Å². The minimum absolute atomic E-state index is 0.0983. The summed E-state index contributed by atoms with van der Waals surface area (Å²) in [6, 6.07) is 17.5. The van der Waals surface area contributed by atoms with Crippen LogP contribution in [0.25, 0.3) is 0 Å². The molecule has 0 radical (unpaired) electrons. The average molecular weight is 279 g/mol. The van der Waals surface area contributed by atoms with Crippen LogP contribution in [0.2, 0.25) is 0 Å². The largest absolute Gasteiger partial charge is 0.508 e. The van der Waals surface area contributed by atoms with Gasteiger partial charge in [0, 0.05) is 25.0 Å². The lowest BCUT2D eigenvalue weighted by atomic mass is 9.96. The number of likely N-dealkylation sites (N-methyl/N-ethyl adjacent to an activating group) is 1. The molecule has 1 heterocycles. The van der Waals surface area contributed by atoms with Crippen molar-refractivity contribution in [1.29, 1.82) is 5.26 Å². The van der Waals surface area contributed by atoms with Gasteiger partial charge in [0.1, 0.15) is 5.75 Å². The second kappa shape index (κ2) is 5.37. The molecule has 4 nitrogen and oxygen atoms in total. The van der Waals surface area contributed by atoms with Gasteiger partial charge >= 0.3 is 0 Å². The molecule has 0 spiro atoms. The van der Waals surface area contributed by atoms with Crippen molar-refractivity contribution in [1.82, 2.24) is 0 Å². The number of phenolic OH excluding ortho intramolecular Hbond substituents is 1. The van der Waals surface area contributed by atoms with Crippen molar-refractivity contribution in [2.45, 2.75) is 12.0 Å². The summed E-state index contributed by atoms with van der Waals surface area (Å²) in [4.78, 5) is 2.16. The van der Waals surface area contributed by atoms with E-state index in [0.29, 0.717) is 6.54 Å². The van der Waals surface area contributed by atoms with Crippen molar-refractivity contribution in [3.63, 3.8) is 0 Å². The Hall–Kier alpha value is -2.67. The van der Waals surface area contributed by atoms with Gasteiger partial charge in [0.15, 0.2) is 0 Å².